The SMILES string of the molecule is CC(=O)SCC(O)C(O)c1ccnc(Br)c1. The molecule has 6 heteroatoms. The zero-order chi connectivity index (χ0) is 12.1. The Balaban J connectivity index is 2.62. The normalized spacial score (nSPS) is 14.5. The van der Waals surface area contributed by atoms with Gasteiger partial charge in [-0.05, 0) is 33.6 Å². The molecule has 4 nitrogen and oxygen atoms in total. The van der Waals surface area contributed by atoms with Crippen LogP contribution < -0.4 is 0 Å². The molecule has 88 valence electrons. The maximum Gasteiger partial charge on any atom is 0.185 e. The Hall–Kier alpha value is -0.430. The summed E-state index contributed by atoms with van der Waals surface area (Å²) in [6, 6.07) is 3.25. The lowest BCUT2D eigenvalue weighted by Gasteiger charge is -2.17. The Morgan fingerprint density at radius 3 is 2.88 bits per heavy atom. The van der Waals surface area contributed by atoms with Gasteiger partial charge in [-0.1, -0.05) is 11.8 Å². The standard InChI is InChI=1S/C10H12BrNO3S/c1-6(13)16-5-8(14)10(15)7-2-3-12-9(11)4-7/h2-4,8,10,14-15H,5H2,1H3. The van der Waals surface area contributed by atoms with Gasteiger partial charge in [0.15, 0.2) is 5.12 Å². The molecule has 1 rings (SSSR count). The number of pyridine rings is 1. The maximum atomic E-state index is 10.7. The van der Waals surface area contributed by atoms with Gasteiger partial charge in [0.2, 0.25) is 0 Å². The van der Waals surface area contributed by atoms with Crippen molar-refractivity contribution in [2.24, 2.45) is 0 Å². The molecular formula is C10H12BrNO3S. The summed E-state index contributed by atoms with van der Waals surface area (Å²) < 4.78 is 0.593. The molecule has 0 aliphatic carbocycles. The number of halogens is 1. The van der Waals surface area contributed by atoms with Crippen LogP contribution >= 0.6 is 27.7 Å². The van der Waals surface area contributed by atoms with Crippen molar-refractivity contribution in [3.63, 3.8) is 0 Å². The van der Waals surface area contributed by atoms with Crippen molar-refractivity contribution < 1.29 is 15.0 Å². The van der Waals surface area contributed by atoms with Crippen molar-refractivity contribution in [1.82, 2.24) is 4.98 Å². The Bertz CT molecular complexity index is 375. The first-order valence-electron chi connectivity index (χ1n) is 4.61. The highest BCUT2D eigenvalue weighted by Gasteiger charge is 2.19. The zero-order valence-corrected chi connectivity index (χ0v) is 11.0. The number of aliphatic hydroxyl groups excluding tert-OH is 2. The number of hydrogen-bond acceptors (Lipinski definition) is 5. The van der Waals surface area contributed by atoms with Gasteiger partial charge in [0, 0.05) is 18.9 Å². The van der Waals surface area contributed by atoms with Crippen molar-refractivity contribution in [3.05, 3.63) is 28.5 Å². The number of hydrogen-bond donors (Lipinski definition) is 2. The van der Waals surface area contributed by atoms with Gasteiger partial charge >= 0.3 is 0 Å². The summed E-state index contributed by atoms with van der Waals surface area (Å²) in [7, 11) is 0. The van der Waals surface area contributed by atoms with Crippen LogP contribution in [0.25, 0.3) is 0 Å². The van der Waals surface area contributed by atoms with Crippen LogP contribution in [-0.4, -0.2) is 32.2 Å². The molecule has 2 N–H and O–H groups in total. The van der Waals surface area contributed by atoms with E-state index in [0.717, 1.165) is 11.8 Å². The molecule has 2 atom stereocenters. The van der Waals surface area contributed by atoms with Gasteiger partial charge < -0.3 is 10.2 Å². The fraction of sp³-hybridized carbons (Fsp3) is 0.400. The van der Waals surface area contributed by atoms with Crippen LogP contribution in [0.2, 0.25) is 0 Å². The molecule has 0 amide bonds. The zero-order valence-electron chi connectivity index (χ0n) is 8.63. The summed E-state index contributed by atoms with van der Waals surface area (Å²) in [4.78, 5) is 14.6. The number of aromatic nitrogens is 1. The van der Waals surface area contributed by atoms with E-state index in [1.807, 2.05) is 0 Å². The van der Waals surface area contributed by atoms with Gasteiger partial charge in [-0.15, -0.1) is 0 Å². The third-order valence-corrected chi connectivity index (χ3v) is 3.26. The molecule has 1 heterocycles. The summed E-state index contributed by atoms with van der Waals surface area (Å²) >= 11 is 4.17. The summed E-state index contributed by atoms with van der Waals surface area (Å²) in [6.07, 6.45) is -0.442. The number of aliphatic hydroxyl groups is 2. The minimum absolute atomic E-state index is 0.0813. The largest absolute Gasteiger partial charge is 0.389 e. The van der Waals surface area contributed by atoms with E-state index >= 15 is 0 Å². The molecule has 16 heavy (non-hydrogen) atoms. The average Bonchev–Trinajstić information content (AvgIpc) is 2.24. The first-order chi connectivity index (χ1) is 7.50. The lowest BCUT2D eigenvalue weighted by atomic mass is 10.1. The number of nitrogens with zero attached hydrogens (tertiary/aromatic N) is 1. The van der Waals surface area contributed by atoms with Crippen LogP contribution in [0.15, 0.2) is 22.9 Å². The van der Waals surface area contributed by atoms with Gasteiger partial charge in [-0.25, -0.2) is 4.98 Å². The van der Waals surface area contributed by atoms with Gasteiger partial charge in [0.25, 0.3) is 0 Å². The quantitative estimate of drug-likeness (QED) is 0.825. The fourth-order valence-corrected chi connectivity index (χ4v) is 2.09. The number of thioether (sulfide) groups is 1. The first-order valence-corrected chi connectivity index (χ1v) is 6.39. The van der Waals surface area contributed by atoms with Crippen LogP contribution in [0.3, 0.4) is 0 Å². The minimum Gasteiger partial charge on any atom is -0.389 e. The molecule has 1 aromatic rings. The Morgan fingerprint density at radius 1 is 1.62 bits per heavy atom. The number of carbonyl (C=O) groups excluding carboxylic acids is 1. The summed E-state index contributed by atoms with van der Waals surface area (Å²) in [5, 5.41) is 19.4. The monoisotopic (exact) mass is 305 g/mol. The van der Waals surface area contributed by atoms with Gasteiger partial charge in [-0.3, -0.25) is 4.79 Å². The smallest absolute Gasteiger partial charge is 0.185 e. The van der Waals surface area contributed by atoms with Crippen LogP contribution in [0.4, 0.5) is 0 Å². The molecule has 0 saturated heterocycles. The van der Waals surface area contributed by atoms with Crippen molar-refractivity contribution >= 4 is 32.8 Å². The van der Waals surface area contributed by atoms with E-state index in [1.54, 1.807) is 12.1 Å². The van der Waals surface area contributed by atoms with Crippen LogP contribution in [0.1, 0.15) is 18.6 Å². The molecule has 0 spiro atoms. The Morgan fingerprint density at radius 2 is 2.31 bits per heavy atom. The Labute approximate surface area is 106 Å². The van der Waals surface area contributed by atoms with E-state index < -0.39 is 12.2 Å². The minimum atomic E-state index is -1.01. The van der Waals surface area contributed by atoms with E-state index in [0.29, 0.717) is 10.2 Å². The molecule has 0 bridgehead atoms. The topological polar surface area (TPSA) is 70.4 Å². The van der Waals surface area contributed by atoms with E-state index in [-0.39, 0.29) is 10.9 Å². The molecule has 0 aromatic carbocycles. The second kappa shape index (κ2) is 6.34. The Kier molecular flexibility index (Phi) is 5.40. The van der Waals surface area contributed by atoms with E-state index in [4.69, 9.17) is 0 Å². The van der Waals surface area contributed by atoms with Crippen LogP contribution in [-0.2, 0) is 4.79 Å². The molecule has 0 aliphatic heterocycles. The van der Waals surface area contributed by atoms with Crippen molar-refractivity contribution in [3.8, 4) is 0 Å². The molecule has 1 aromatic heterocycles. The molecule has 0 fully saturated rings. The predicted octanol–water partition coefficient (Wildman–Crippen LogP) is 1.52. The van der Waals surface area contributed by atoms with Gasteiger partial charge in [0.05, 0.1) is 6.10 Å². The molecule has 0 saturated carbocycles. The third kappa shape index (κ3) is 4.21. The highest BCUT2D eigenvalue weighted by atomic mass is 79.9. The number of rotatable bonds is 4. The second-order valence-electron chi connectivity index (χ2n) is 3.23. The molecule has 0 aliphatic rings. The summed E-state index contributed by atoms with van der Waals surface area (Å²) in [5.41, 5.74) is 0.568. The summed E-state index contributed by atoms with van der Waals surface area (Å²) in [6.45, 7) is 1.42. The highest BCUT2D eigenvalue weighted by molar-refractivity contribution is 9.10. The van der Waals surface area contributed by atoms with Gasteiger partial charge in [-0.2, -0.15) is 0 Å². The van der Waals surface area contributed by atoms with E-state index in [9.17, 15) is 15.0 Å². The highest BCUT2D eigenvalue weighted by Crippen LogP contribution is 2.21. The summed E-state index contributed by atoms with van der Waals surface area (Å²) in [5.74, 6) is 0.177. The predicted molar refractivity (Wildman–Crippen MR) is 66.0 cm³/mol. The van der Waals surface area contributed by atoms with Crippen molar-refractivity contribution in [2.45, 2.75) is 19.1 Å². The van der Waals surface area contributed by atoms with E-state index in [2.05, 4.69) is 20.9 Å². The second-order valence-corrected chi connectivity index (χ2v) is 5.24. The first kappa shape index (κ1) is 13.6. The molecule has 2 unspecified atom stereocenters. The lowest BCUT2D eigenvalue weighted by Crippen LogP contribution is -2.21. The van der Waals surface area contributed by atoms with Gasteiger partial charge in [0.1, 0.15) is 10.7 Å². The third-order valence-electron chi connectivity index (χ3n) is 1.91. The fourth-order valence-electron chi connectivity index (χ4n) is 1.12. The van der Waals surface area contributed by atoms with Crippen LogP contribution in [0.5, 0.6) is 0 Å². The van der Waals surface area contributed by atoms with E-state index in [1.165, 1.54) is 13.1 Å². The van der Waals surface area contributed by atoms with Crippen LogP contribution in [0, 0.1) is 0 Å². The van der Waals surface area contributed by atoms with Crippen molar-refractivity contribution in [1.29, 1.82) is 0 Å². The lowest BCUT2D eigenvalue weighted by molar-refractivity contribution is -0.109. The molecule has 0 radical (unpaired) electrons. The average molecular weight is 306 g/mol. The van der Waals surface area contributed by atoms with Crippen molar-refractivity contribution in [2.75, 3.05) is 5.75 Å². The molecular weight excluding hydrogens is 294 g/mol. The maximum absolute atomic E-state index is 10.7. The number of carbonyl (C=O) groups is 1.